The topological polar surface area (TPSA) is 48.4 Å². The van der Waals surface area contributed by atoms with E-state index in [9.17, 15) is 4.79 Å². The quantitative estimate of drug-likeness (QED) is 0.796. The van der Waals surface area contributed by atoms with Gasteiger partial charge in [-0.1, -0.05) is 17.7 Å². The van der Waals surface area contributed by atoms with Gasteiger partial charge in [-0.25, -0.2) is 4.98 Å². The second-order valence-corrected chi connectivity index (χ2v) is 5.11. The normalized spacial score (nSPS) is 10.2. The molecule has 0 N–H and O–H groups in total. The number of thiazole rings is 1. The fourth-order valence-corrected chi connectivity index (χ4v) is 2.30. The van der Waals surface area contributed by atoms with E-state index in [1.54, 1.807) is 12.1 Å². The number of ether oxygens (including phenoxy) is 2. The predicted molar refractivity (Wildman–Crippen MR) is 73.6 cm³/mol. The van der Waals surface area contributed by atoms with Gasteiger partial charge in [-0.3, -0.25) is 4.79 Å². The average Bonchev–Trinajstić information content (AvgIpc) is 2.84. The average molecular weight is 298 g/mol. The van der Waals surface area contributed by atoms with E-state index in [1.165, 1.54) is 18.4 Å². The van der Waals surface area contributed by atoms with E-state index in [2.05, 4.69) is 9.72 Å². The number of rotatable bonds is 5. The van der Waals surface area contributed by atoms with Gasteiger partial charge in [-0.2, -0.15) is 0 Å². The monoisotopic (exact) mass is 297 g/mol. The molecule has 1 heterocycles. The van der Waals surface area contributed by atoms with Crippen molar-refractivity contribution in [3.05, 3.63) is 45.4 Å². The van der Waals surface area contributed by atoms with Gasteiger partial charge in [0.25, 0.3) is 0 Å². The summed E-state index contributed by atoms with van der Waals surface area (Å²) in [5, 5.41) is 3.26. The van der Waals surface area contributed by atoms with Crippen molar-refractivity contribution in [1.82, 2.24) is 4.98 Å². The van der Waals surface area contributed by atoms with Crippen LogP contribution in [0, 0.1) is 0 Å². The highest BCUT2D eigenvalue weighted by atomic mass is 35.5. The standard InChI is InChI=1S/C13H12ClNO3S/c1-17-13(16)6-10-8-19-12(15-10)7-18-11-4-2-3-9(14)5-11/h2-5,8H,6-7H2,1H3. The van der Waals surface area contributed by atoms with Crippen molar-refractivity contribution in [2.24, 2.45) is 0 Å². The van der Waals surface area contributed by atoms with E-state index in [0.717, 1.165) is 5.01 Å². The number of hydrogen-bond acceptors (Lipinski definition) is 5. The van der Waals surface area contributed by atoms with Crippen LogP contribution in [0.4, 0.5) is 0 Å². The smallest absolute Gasteiger partial charge is 0.311 e. The first-order valence-electron chi connectivity index (χ1n) is 5.56. The Labute approximate surface area is 120 Å². The van der Waals surface area contributed by atoms with Crippen molar-refractivity contribution in [2.45, 2.75) is 13.0 Å². The number of esters is 1. The summed E-state index contributed by atoms with van der Waals surface area (Å²) >= 11 is 7.31. The third kappa shape index (κ3) is 4.22. The van der Waals surface area contributed by atoms with Crippen molar-refractivity contribution in [2.75, 3.05) is 7.11 Å². The highest BCUT2D eigenvalue weighted by Gasteiger charge is 2.08. The van der Waals surface area contributed by atoms with Gasteiger partial charge in [-0.15, -0.1) is 11.3 Å². The highest BCUT2D eigenvalue weighted by Crippen LogP contribution is 2.19. The lowest BCUT2D eigenvalue weighted by atomic mass is 10.3. The van der Waals surface area contributed by atoms with E-state index in [-0.39, 0.29) is 12.4 Å². The zero-order chi connectivity index (χ0) is 13.7. The summed E-state index contributed by atoms with van der Waals surface area (Å²) < 4.78 is 10.2. The second-order valence-electron chi connectivity index (χ2n) is 3.73. The summed E-state index contributed by atoms with van der Waals surface area (Å²) in [7, 11) is 1.36. The molecule has 0 atom stereocenters. The molecule has 4 nitrogen and oxygen atoms in total. The molecule has 100 valence electrons. The molecule has 0 spiro atoms. The Bertz CT molecular complexity index is 571. The van der Waals surface area contributed by atoms with E-state index in [1.807, 2.05) is 17.5 Å². The first-order chi connectivity index (χ1) is 9.17. The molecule has 0 radical (unpaired) electrons. The first kappa shape index (κ1) is 13.8. The maximum absolute atomic E-state index is 11.1. The number of carbonyl (C=O) groups is 1. The molecule has 2 rings (SSSR count). The third-order valence-corrected chi connectivity index (χ3v) is 3.42. The van der Waals surface area contributed by atoms with Crippen LogP contribution < -0.4 is 4.74 Å². The van der Waals surface area contributed by atoms with Crippen molar-refractivity contribution in [3.8, 4) is 5.75 Å². The number of nitrogens with zero attached hydrogens (tertiary/aromatic N) is 1. The Morgan fingerprint density at radius 3 is 3.05 bits per heavy atom. The van der Waals surface area contributed by atoms with Crippen LogP contribution in [0.15, 0.2) is 29.6 Å². The molecule has 2 aromatic rings. The lowest BCUT2D eigenvalue weighted by molar-refractivity contribution is -0.139. The number of carbonyl (C=O) groups excluding carboxylic acids is 1. The molecule has 0 aliphatic rings. The minimum absolute atomic E-state index is 0.185. The number of methoxy groups -OCH3 is 1. The van der Waals surface area contributed by atoms with Gasteiger partial charge >= 0.3 is 5.97 Å². The minimum Gasteiger partial charge on any atom is -0.486 e. The molecule has 1 aromatic carbocycles. The van der Waals surface area contributed by atoms with Crippen molar-refractivity contribution in [1.29, 1.82) is 0 Å². The molecule has 0 fully saturated rings. The maximum atomic E-state index is 11.1. The molecular formula is C13H12ClNO3S. The van der Waals surface area contributed by atoms with Crippen LogP contribution in [0.1, 0.15) is 10.7 Å². The molecule has 1 aromatic heterocycles. The van der Waals surface area contributed by atoms with E-state index >= 15 is 0 Å². The van der Waals surface area contributed by atoms with Gasteiger partial charge in [-0.05, 0) is 18.2 Å². The van der Waals surface area contributed by atoms with E-state index < -0.39 is 0 Å². The minimum atomic E-state index is -0.299. The summed E-state index contributed by atoms with van der Waals surface area (Å²) in [6, 6.07) is 7.17. The SMILES string of the molecule is COC(=O)Cc1csc(COc2cccc(Cl)c2)n1. The Morgan fingerprint density at radius 1 is 1.47 bits per heavy atom. The third-order valence-electron chi connectivity index (χ3n) is 2.31. The Hall–Kier alpha value is -1.59. The van der Waals surface area contributed by atoms with Crippen LogP contribution >= 0.6 is 22.9 Å². The molecule has 6 heteroatoms. The van der Waals surface area contributed by atoms with Crippen LogP contribution in [-0.4, -0.2) is 18.1 Å². The molecule has 0 bridgehead atoms. The first-order valence-corrected chi connectivity index (χ1v) is 6.81. The molecule has 0 amide bonds. The Balaban J connectivity index is 1.91. The summed E-state index contributed by atoms with van der Waals surface area (Å²) in [5.74, 6) is 0.393. The zero-order valence-corrected chi connectivity index (χ0v) is 11.8. The molecular weight excluding hydrogens is 286 g/mol. The molecule has 19 heavy (non-hydrogen) atoms. The second kappa shape index (κ2) is 6.54. The highest BCUT2D eigenvalue weighted by molar-refractivity contribution is 7.09. The van der Waals surface area contributed by atoms with Gasteiger partial charge in [0.05, 0.1) is 19.2 Å². The van der Waals surface area contributed by atoms with Crippen LogP contribution in [0.5, 0.6) is 5.75 Å². The Kier molecular flexibility index (Phi) is 4.76. The van der Waals surface area contributed by atoms with Crippen molar-refractivity contribution < 1.29 is 14.3 Å². The van der Waals surface area contributed by atoms with Gasteiger partial charge in [0, 0.05) is 10.4 Å². The molecule has 0 unspecified atom stereocenters. The van der Waals surface area contributed by atoms with Crippen LogP contribution in [0.2, 0.25) is 5.02 Å². The van der Waals surface area contributed by atoms with E-state index in [4.69, 9.17) is 16.3 Å². The predicted octanol–water partition coefficient (Wildman–Crippen LogP) is 3.09. The number of benzene rings is 1. The number of halogens is 1. The van der Waals surface area contributed by atoms with Gasteiger partial charge < -0.3 is 9.47 Å². The summed E-state index contributed by atoms with van der Waals surface area (Å²) in [5.41, 5.74) is 0.696. The van der Waals surface area contributed by atoms with Crippen molar-refractivity contribution >= 4 is 28.9 Å². The van der Waals surface area contributed by atoms with Crippen LogP contribution in [0.3, 0.4) is 0 Å². The Morgan fingerprint density at radius 2 is 2.32 bits per heavy atom. The molecule has 0 aliphatic carbocycles. The molecule has 0 saturated heterocycles. The summed E-state index contributed by atoms with van der Waals surface area (Å²) in [4.78, 5) is 15.4. The number of hydrogen-bond donors (Lipinski definition) is 0. The fourth-order valence-electron chi connectivity index (χ4n) is 1.42. The zero-order valence-electron chi connectivity index (χ0n) is 10.3. The fraction of sp³-hybridized carbons (Fsp3) is 0.231. The molecule has 0 aliphatic heterocycles. The van der Waals surface area contributed by atoms with Gasteiger partial charge in [0.2, 0.25) is 0 Å². The lowest BCUT2D eigenvalue weighted by Crippen LogP contribution is -2.05. The van der Waals surface area contributed by atoms with Crippen LogP contribution in [-0.2, 0) is 22.6 Å². The van der Waals surface area contributed by atoms with Gasteiger partial charge in [0.15, 0.2) is 0 Å². The summed E-state index contributed by atoms with van der Waals surface area (Å²) in [6.45, 7) is 0.353. The lowest BCUT2D eigenvalue weighted by Gasteiger charge is -2.03. The number of aromatic nitrogens is 1. The van der Waals surface area contributed by atoms with Crippen molar-refractivity contribution in [3.63, 3.8) is 0 Å². The molecule has 0 saturated carbocycles. The largest absolute Gasteiger partial charge is 0.486 e. The van der Waals surface area contributed by atoms with E-state index in [0.29, 0.717) is 23.1 Å². The van der Waals surface area contributed by atoms with Crippen LogP contribution in [0.25, 0.3) is 0 Å². The summed E-state index contributed by atoms with van der Waals surface area (Å²) in [6.07, 6.45) is 0.185. The maximum Gasteiger partial charge on any atom is 0.311 e. The van der Waals surface area contributed by atoms with Gasteiger partial charge in [0.1, 0.15) is 17.4 Å².